The first-order valence-electron chi connectivity index (χ1n) is 23.9. The van der Waals surface area contributed by atoms with Crippen molar-refractivity contribution in [3.8, 4) is 34.4 Å². The van der Waals surface area contributed by atoms with Crippen LogP contribution in [0.4, 0.5) is 23.4 Å². The fraction of sp³-hybridized carbons (Fsp3) is 0.481. The van der Waals surface area contributed by atoms with Crippen LogP contribution < -0.4 is 14.4 Å². The first-order chi connectivity index (χ1) is 32.0. The van der Waals surface area contributed by atoms with E-state index in [0.717, 1.165) is 19.4 Å². The largest absolute Gasteiger partial charge is 0.468 e. The van der Waals surface area contributed by atoms with E-state index in [1.165, 1.54) is 30.9 Å². The normalized spacial score (nSPS) is 22.1. The van der Waals surface area contributed by atoms with Gasteiger partial charge in [0.05, 0.1) is 16.7 Å². The number of nitrogens with zero attached hydrogens (tertiary/aromatic N) is 5. The van der Waals surface area contributed by atoms with Crippen molar-refractivity contribution in [2.45, 2.75) is 121 Å². The van der Waals surface area contributed by atoms with Gasteiger partial charge in [0.2, 0.25) is 0 Å². The number of rotatable bonds is 13. The molecule has 0 N–H and O–H groups in total. The van der Waals surface area contributed by atoms with Crippen molar-refractivity contribution >= 4 is 35.6 Å². The van der Waals surface area contributed by atoms with Crippen LogP contribution in [0.5, 0.6) is 11.8 Å². The minimum Gasteiger partial charge on any atom is -0.468 e. The summed E-state index contributed by atoms with van der Waals surface area (Å²) in [5, 5.41) is 0.936. The number of anilines is 1. The lowest BCUT2D eigenvalue weighted by atomic mass is 9.89. The average molecular weight is 934 g/mol. The topological polar surface area (TPSA) is 63.2 Å². The summed E-state index contributed by atoms with van der Waals surface area (Å²) in [5.74, 6) is 1.48. The first-order valence-corrected chi connectivity index (χ1v) is 26.1. The maximum absolute atomic E-state index is 18.1. The van der Waals surface area contributed by atoms with Gasteiger partial charge >= 0.3 is 6.01 Å². The number of halogens is 4. The molecule has 4 atom stereocenters. The summed E-state index contributed by atoms with van der Waals surface area (Å²) in [5.41, 5.74) is 4.35. The lowest BCUT2D eigenvalue weighted by Gasteiger charge is -2.50. The van der Waals surface area contributed by atoms with Gasteiger partial charge in [-0.15, -0.1) is 5.54 Å². The smallest absolute Gasteiger partial charge is 0.319 e. The van der Waals surface area contributed by atoms with Gasteiger partial charge in [0.1, 0.15) is 49.6 Å². The van der Waals surface area contributed by atoms with Crippen molar-refractivity contribution in [3.05, 3.63) is 101 Å². The number of fused-ring (bicyclic) bond motifs is 5. The second kappa shape index (κ2) is 18.1. The zero-order valence-electron chi connectivity index (χ0n) is 40.2. The van der Waals surface area contributed by atoms with Crippen LogP contribution in [-0.2, 0) is 10.3 Å². The molecule has 2 bridgehead atoms. The van der Waals surface area contributed by atoms with E-state index in [1.54, 1.807) is 12.1 Å². The molecule has 0 saturated carbocycles. The van der Waals surface area contributed by atoms with E-state index in [9.17, 15) is 4.39 Å². The van der Waals surface area contributed by atoms with Crippen molar-refractivity contribution in [1.82, 2.24) is 19.8 Å². The zero-order chi connectivity index (χ0) is 47.6. The Morgan fingerprint density at radius 2 is 1.57 bits per heavy atom. The van der Waals surface area contributed by atoms with Gasteiger partial charge in [0, 0.05) is 67.1 Å². The van der Waals surface area contributed by atoms with E-state index < -0.39 is 42.8 Å². The Hall–Kier alpha value is -5.00. The van der Waals surface area contributed by atoms with Gasteiger partial charge in [0.25, 0.3) is 0 Å². The summed E-state index contributed by atoms with van der Waals surface area (Å²) in [6, 6.07) is 17.7. The highest BCUT2D eigenvalue weighted by Gasteiger charge is 2.50. The molecule has 5 heterocycles. The predicted molar refractivity (Wildman–Crippen MR) is 262 cm³/mol. The molecule has 3 saturated heterocycles. The summed E-state index contributed by atoms with van der Waals surface area (Å²) in [7, 11) is -0.902. The van der Waals surface area contributed by atoms with E-state index in [2.05, 4.69) is 106 Å². The fourth-order valence-electron chi connectivity index (χ4n) is 12.4. The highest BCUT2D eigenvalue weighted by Crippen LogP contribution is 2.46. The molecule has 4 aliphatic heterocycles. The minimum atomic E-state index is -2.39. The molecule has 1 aromatic heterocycles. The number of aromatic nitrogens is 2. The van der Waals surface area contributed by atoms with Crippen molar-refractivity contribution in [2.75, 3.05) is 51.6 Å². The number of ether oxygens (including phenoxy) is 3. The number of methoxy groups -OCH3 is 1. The molecule has 4 aliphatic rings. The van der Waals surface area contributed by atoms with Crippen LogP contribution in [0.3, 0.4) is 0 Å². The van der Waals surface area contributed by atoms with E-state index in [4.69, 9.17) is 24.2 Å². The van der Waals surface area contributed by atoms with Crippen LogP contribution in [0.25, 0.3) is 32.8 Å². The molecule has 67 heavy (non-hydrogen) atoms. The van der Waals surface area contributed by atoms with Crippen molar-refractivity contribution in [2.24, 2.45) is 0 Å². The van der Waals surface area contributed by atoms with Gasteiger partial charge < -0.3 is 19.1 Å². The third kappa shape index (κ3) is 8.19. The Morgan fingerprint density at radius 1 is 0.866 bits per heavy atom. The summed E-state index contributed by atoms with van der Waals surface area (Å²) in [6.45, 7) is 19.6. The van der Waals surface area contributed by atoms with Gasteiger partial charge in [-0.2, -0.15) is 9.97 Å². The quantitative estimate of drug-likeness (QED) is 0.0380. The van der Waals surface area contributed by atoms with Gasteiger partial charge in [-0.1, -0.05) is 96.0 Å². The summed E-state index contributed by atoms with van der Waals surface area (Å²) >= 11 is 0. The molecule has 9 rings (SSSR count). The SMILES string of the molecule is COCOc1cc(-c2c(F)cc3c(N4CC5C=CC(C4)N5C(C)(C)c4ccccc4)nc(OC[C@@]45CCCN4C[C@H](F)C5)nc3c2F)c2c(C#C[Si](C(C)C)(C(C)C)C(C)C)c(F)ccc2c1. The van der Waals surface area contributed by atoms with Crippen molar-refractivity contribution in [1.29, 1.82) is 0 Å². The number of hydrogen-bond donors (Lipinski definition) is 0. The van der Waals surface area contributed by atoms with E-state index in [-0.39, 0.29) is 86.8 Å². The van der Waals surface area contributed by atoms with Gasteiger partial charge in [-0.25, -0.2) is 17.6 Å². The van der Waals surface area contributed by atoms with Crippen LogP contribution >= 0.6 is 0 Å². The van der Waals surface area contributed by atoms with Gasteiger partial charge in [0.15, 0.2) is 12.6 Å². The second-order valence-corrected chi connectivity index (χ2v) is 26.2. The van der Waals surface area contributed by atoms with Crippen LogP contribution in [-0.4, -0.2) is 98.3 Å². The third-order valence-electron chi connectivity index (χ3n) is 15.5. The lowest BCUT2D eigenvalue weighted by molar-refractivity contribution is 0.0512. The fourth-order valence-corrected chi connectivity index (χ4v) is 17.6. The van der Waals surface area contributed by atoms with Crippen LogP contribution in [0, 0.1) is 28.9 Å². The Bertz CT molecular complexity index is 2740. The summed E-state index contributed by atoms with van der Waals surface area (Å²) in [6.07, 6.45) is 5.44. The van der Waals surface area contributed by atoms with Crippen LogP contribution in [0.2, 0.25) is 16.6 Å². The monoisotopic (exact) mass is 933 g/mol. The third-order valence-corrected chi connectivity index (χ3v) is 21.8. The maximum Gasteiger partial charge on any atom is 0.319 e. The molecular weight excluding hydrogens is 871 g/mol. The predicted octanol–water partition coefficient (Wildman–Crippen LogP) is 11.7. The molecule has 0 aliphatic carbocycles. The Balaban J connectivity index is 1.22. The lowest BCUT2D eigenvalue weighted by Crippen LogP contribution is -2.60. The molecule has 0 spiro atoms. The van der Waals surface area contributed by atoms with E-state index >= 15 is 13.2 Å². The molecule has 8 nitrogen and oxygen atoms in total. The molecule has 2 unspecified atom stereocenters. The van der Waals surface area contributed by atoms with E-state index in [1.807, 2.05) is 18.2 Å². The molecule has 0 amide bonds. The number of benzene rings is 4. The van der Waals surface area contributed by atoms with Crippen molar-refractivity contribution < 1.29 is 31.8 Å². The second-order valence-electron chi connectivity index (χ2n) is 20.6. The molecule has 5 aromatic rings. The van der Waals surface area contributed by atoms with Crippen LogP contribution in [0.15, 0.2) is 72.8 Å². The van der Waals surface area contributed by atoms with Gasteiger partial charge in [-0.3, -0.25) is 9.80 Å². The van der Waals surface area contributed by atoms with Crippen LogP contribution in [0.1, 0.15) is 85.8 Å². The highest BCUT2D eigenvalue weighted by molar-refractivity contribution is 6.90. The molecular formula is C54H63F4N5O3Si. The molecule has 354 valence electrons. The molecule has 0 radical (unpaired) electrons. The Morgan fingerprint density at radius 3 is 2.24 bits per heavy atom. The number of piperazine rings is 1. The minimum absolute atomic E-state index is 0.0391. The summed E-state index contributed by atoms with van der Waals surface area (Å²) < 4.78 is 84.5. The van der Waals surface area contributed by atoms with Gasteiger partial charge in [-0.05, 0) is 85.1 Å². The molecule has 4 aromatic carbocycles. The zero-order valence-corrected chi connectivity index (χ0v) is 41.2. The standard InChI is InChI=1S/C54H63F4N5O3Si/c1-33(2)67(34(3)4,35(5)6)23-20-42-45(56)19-16-36-24-41(66-32-64-9)25-43(47(36)42)48-46(57)26-44-50(49(48)58)59-52(65-31-54-21-13-22-62(54)28-38(55)27-54)60-51(44)61-29-39-17-18-40(30-61)63(39)53(7,8)37-14-11-10-12-15-37/h10-12,14-19,24-26,33-35,38-40H,13,21-22,27-32H2,1-9H3/t38-,39?,40?,54+/m1/s1. The number of alkyl halides is 1. The Labute approximate surface area is 393 Å². The highest BCUT2D eigenvalue weighted by atomic mass is 28.3. The van der Waals surface area contributed by atoms with Crippen molar-refractivity contribution in [3.63, 3.8) is 0 Å². The summed E-state index contributed by atoms with van der Waals surface area (Å²) in [4.78, 5) is 16.4. The molecule has 13 heteroatoms. The first kappa shape index (κ1) is 47.1. The Kier molecular flexibility index (Phi) is 12.8. The molecule has 3 fully saturated rings. The van der Waals surface area contributed by atoms with E-state index in [0.29, 0.717) is 37.3 Å². The number of hydrogen-bond acceptors (Lipinski definition) is 8. The maximum atomic E-state index is 18.1. The average Bonchev–Trinajstić information content (AvgIpc) is 3.92.